The first-order chi connectivity index (χ1) is 12.1. The van der Waals surface area contributed by atoms with Crippen LogP contribution in [-0.4, -0.2) is 84.7 Å². The third-order valence-electron chi connectivity index (χ3n) is 5.15. The molecule has 8 nitrogen and oxygen atoms in total. The average molecular weight is 385 g/mol. The van der Waals surface area contributed by atoms with Crippen molar-refractivity contribution < 1.29 is 17.9 Å². The first kappa shape index (κ1) is 19.3. The highest BCUT2D eigenvalue weighted by atomic mass is 32.2. The lowest BCUT2D eigenvalue weighted by Crippen LogP contribution is -2.60. The van der Waals surface area contributed by atoms with E-state index in [1.165, 1.54) is 7.11 Å². The number of hydrogen-bond donors (Lipinski definition) is 1. The smallest absolute Gasteiger partial charge is 0.248 e. The topological polar surface area (TPSA) is 95.6 Å². The van der Waals surface area contributed by atoms with Crippen molar-refractivity contribution in [3.63, 3.8) is 0 Å². The molecule has 0 radical (unpaired) electrons. The fourth-order valence-corrected chi connectivity index (χ4v) is 5.79. The van der Waals surface area contributed by atoms with Crippen molar-refractivity contribution in [1.29, 1.82) is 0 Å². The van der Waals surface area contributed by atoms with Crippen molar-refractivity contribution in [3.05, 3.63) is 17.5 Å². The van der Waals surface area contributed by atoms with Gasteiger partial charge in [-0.25, -0.2) is 8.42 Å². The van der Waals surface area contributed by atoms with Crippen molar-refractivity contribution in [3.8, 4) is 0 Å². The van der Waals surface area contributed by atoms with E-state index in [-0.39, 0.29) is 41.5 Å². The Hall–Kier alpha value is -1.45. The van der Waals surface area contributed by atoms with Crippen LogP contribution in [0.3, 0.4) is 0 Å². The molecule has 0 aromatic carbocycles. The predicted octanol–water partition coefficient (Wildman–Crippen LogP) is 0.163. The van der Waals surface area contributed by atoms with Gasteiger partial charge >= 0.3 is 0 Å². The van der Waals surface area contributed by atoms with Gasteiger partial charge in [0.15, 0.2) is 9.84 Å². The summed E-state index contributed by atoms with van der Waals surface area (Å²) in [6, 6.07) is 1.55. The van der Waals surface area contributed by atoms with E-state index >= 15 is 0 Å². The number of carbonyl (C=O) groups excluding carboxylic acids is 1. The van der Waals surface area contributed by atoms with Crippen LogP contribution in [0.5, 0.6) is 0 Å². The van der Waals surface area contributed by atoms with Gasteiger partial charge in [-0.1, -0.05) is 20.8 Å². The summed E-state index contributed by atoms with van der Waals surface area (Å²) in [6.07, 6.45) is 0. The van der Waals surface area contributed by atoms with Gasteiger partial charge in [0.1, 0.15) is 6.61 Å². The van der Waals surface area contributed by atoms with Gasteiger partial charge in [-0.2, -0.15) is 5.10 Å². The molecule has 2 atom stereocenters. The molecule has 2 aliphatic heterocycles. The number of sulfone groups is 1. The second-order valence-electron chi connectivity index (χ2n) is 8.23. The van der Waals surface area contributed by atoms with Gasteiger partial charge in [0.2, 0.25) is 5.91 Å². The lowest BCUT2D eigenvalue weighted by atomic mass is 9.92. The molecule has 0 spiro atoms. The Morgan fingerprint density at radius 1 is 1.31 bits per heavy atom. The third-order valence-corrected chi connectivity index (χ3v) is 6.85. The molecule has 1 amide bonds. The number of amides is 1. The van der Waals surface area contributed by atoms with Gasteiger partial charge in [-0.3, -0.25) is 14.8 Å². The summed E-state index contributed by atoms with van der Waals surface area (Å²) >= 11 is 0. The van der Waals surface area contributed by atoms with Crippen LogP contribution < -0.4 is 0 Å². The molecule has 9 heteroatoms. The number of rotatable bonds is 4. The van der Waals surface area contributed by atoms with E-state index in [2.05, 4.69) is 35.9 Å². The van der Waals surface area contributed by atoms with Crippen molar-refractivity contribution in [2.75, 3.05) is 38.3 Å². The van der Waals surface area contributed by atoms with Crippen LogP contribution in [0.4, 0.5) is 0 Å². The lowest BCUT2D eigenvalue weighted by Gasteiger charge is -2.43. The number of carbonyl (C=O) groups is 1. The maximum atomic E-state index is 12.3. The fraction of sp³-hybridized carbons (Fsp3) is 0.765. The number of aromatic amines is 1. The zero-order valence-electron chi connectivity index (χ0n) is 15.9. The summed E-state index contributed by atoms with van der Waals surface area (Å²) in [6.45, 7) is 8.05. The van der Waals surface area contributed by atoms with Crippen LogP contribution in [0.1, 0.15) is 32.2 Å². The number of methoxy groups -OCH3 is 1. The molecule has 1 N–H and O–H groups in total. The number of nitrogens with one attached hydrogen (secondary N) is 1. The number of nitrogens with zero attached hydrogens (tertiary/aromatic N) is 3. The first-order valence-corrected chi connectivity index (χ1v) is 10.7. The van der Waals surface area contributed by atoms with Crippen molar-refractivity contribution in [1.82, 2.24) is 20.0 Å². The monoisotopic (exact) mass is 384 g/mol. The average Bonchev–Trinajstić information content (AvgIpc) is 3.10. The Morgan fingerprint density at radius 2 is 2.00 bits per heavy atom. The lowest BCUT2D eigenvalue weighted by molar-refractivity contribution is -0.141. The number of aromatic nitrogens is 2. The number of ether oxygens (including phenoxy) is 1. The second kappa shape index (κ2) is 6.94. The minimum absolute atomic E-state index is 0.0151. The summed E-state index contributed by atoms with van der Waals surface area (Å²) in [4.78, 5) is 16.1. The standard InChI is InChI=1S/C17H28N4O4S/c1-17(2,3)15-7-12(18-19-15)8-20-5-6-21(16(22)9-25-4)14-11-26(23,24)10-13(14)20/h7,13-14H,5-6,8-11H2,1-4H3,(H,18,19)/t13-,14+/m0/s1. The minimum Gasteiger partial charge on any atom is -0.375 e. The van der Waals surface area contributed by atoms with E-state index in [9.17, 15) is 13.2 Å². The van der Waals surface area contributed by atoms with Crippen molar-refractivity contribution in [2.45, 2.75) is 44.8 Å². The van der Waals surface area contributed by atoms with Crippen LogP contribution >= 0.6 is 0 Å². The van der Waals surface area contributed by atoms with Crippen molar-refractivity contribution >= 4 is 15.7 Å². The van der Waals surface area contributed by atoms with E-state index in [4.69, 9.17) is 4.74 Å². The molecular weight excluding hydrogens is 356 g/mol. The van der Waals surface area contributed by atoms with E-state index in [0.29, 0.717) is 19.6 Å². The number of hydrogen-bond acceptors (Lipinski definition) is 6. The summed E-state index contributed by atoms with van der Waals surface area (Å²) in [5.41, 5.74) is 1.91. The van der Waals surface area contributed by atoms with Crippen LogP contribution in [-0.2, 0) is 31.3 Å². The van der Waals surface area contributed by atoms with Gasteiger partial charge in [-0.15, -0.1) is 0 Å². The Balaban J connectivity index is 1.78. The second-order valence-corrected chi connectivity index (χ2v) is 10.4. The molecule has 146 valence electrons. The fourth-order valence-electron chi connectivity index (χ4n) is 3.78. The molecule has 0 unspecified atom stereocenters. The molecule has 2 aliphatic rings. The summed E-state index contributed by atoms with van der Waals surface area (Å²) in [5.74, 6) is -0.0232. The molecule has 3 rings (SSSR count). The molecule has 26 heavy (non-hydrogen) atoms. The van der Waals surface area contributed by atoms with Gasteiger partial charge in [0.25, 0.3) is 0 Å². The van der Waals surface area contributed by atoms with E-state index in [0.717, 1.165) is 11.4 Å². The van der Waals surface area contributed by atoms with Gasteiger partial charge < -0.3 is 9.64 Å². The highest BCUT2D eigenvalue weighted by Crippen LogP contribution is 2.29. The van der Waals surface area contributed by atoms with Crippen molar-refractivity contribution in [2.24, 2.45) is 0 Å². The van der Waals surface area contributed by atoms with Crippen LogP contribution in [0, 0.1) is 0 Å². The SMILES string of the molecule is COCC(=O)N1CCN(Cc2cc(C(C)(C)C)n[nH]2)[C@H]2CS(=O)(=O)C[C@H]21. The molecule has 1 aromatic heterocycles. The Morgan fingerprint density at radius 3 is 2.62 bits per heavy atom. The molecule has 1 aromatic rings. The first-order valence-electron chi connectivity index (χ1n) is 8.88. The summed E-state index contributed by atoms with van der Waals surface area (Å²) < 4.78 is 29.4. The summed E-state index contributed by atoms with van der Waals surface area (Å²) in [7, 11) is -1.68. The van der Waals surface area contributed by atoms with E-state index in [1.54, 1.807) is 4.90 Å². The molecule has 3 heterocycles. The third kappa shape index (κ3) is 3.94. The Labute approximate surface area is 154 Å². The highest BCUT2D eigenvalue weighted by Gasteiger charge is 2.47. The van der Waals surface area contributed by atoms with Crippen LogP contribution in [0.25, 0.3) is 0 Å². The minimum atomic E-state index is -3.16. The molecule has 2 saturated heterocycles. The molecule has 0 saturated carbocycles. The number of H-pyrrole nitrogens is 1. The van der Waals surface area contributed by atoms with E-state index < -0.39 is 9.84 Å². The number of piperazine rings is 1. The number of fused-ring (bicyclic) bond motifs is 1. The maximum Gasteiger partial charge on any atom is 0.248 e. The zero-order chi connectivity index (χ0) is 19.1. The molecule has 0 aliphatic carbocycles. The molecule has 0 bridgehead atoms. The summed E-state index contributed by atoms with van der Waals surface area (Å²) in [5, 5.41) is 7.46. The van der Waals surface area contributed by atoms with Gasteiger partial charge in [-0.05, 0) is 6.07 Å². The highest BCUT2D eigenvalue weighted by molar-refractivity contribution is 7.91. The van der Waals surface area contributed by atoms with Crippen LogP contribution in [0.2, 0.25) is 0 Å². The quantitative estimate of drug-likeness (QED) is 0.795. The normalized spacial score (nSPS) is 26.1. The van der Waals surface area contributed by atoms with Gasteiger partial charge in [0, 0.05) is 43.9 Å². The molecule has 2 fully saturated rings. The molecular formula is C17H28N4O4S. The Bertz CT molecular complexity index is 768. The van der Waals surface area contributed by atoms with E-state index in [1.807, 2.05) is 6.07 Å². The van der Waals surface area contributed by atoms with Crippen LogP contribution in [0.15, 0.2) is 6.07 Å². The zero-order valence-corrected chi connectivity index (χ0v) is 16.7. The Kier molecular flexibility index (Phi) is 5.15. The van der Waals surface area contributed by atoms with Gasteiger partial charge in [0.05, 0.1) is 23.2 Å². The predicted molar refractivity (Wildman–Crippen MR) is 97.5 cm³/mol. The maximum absolute atomic E-state index is 12.3. The largest absolute Gasteiger partial charge is 0.375 e.